The first-order valence-corrected chi connectivity index (χ1v) is 3.95. The molecule has 0 bridgehead atoms. The van der Waals surface area contributed by atoms with E-state index in [0.29, 0.717) is 29.5 Å². The molecule has 2 rings (SSSR count). The maximum atomic E-state index is 5.66. The van der Waals surface area contributed by atoms with Gasteiger partial charge in [-0.25, -0.2) is 4.98 Å². The molecule has 0 fully saturated rings. The summed E-state index contributed by atoms with van der Waals surface area (Å²) in [5, 5.41) is 2.82. The number of aromatic amines is 1. The molecular weight excluding hydrogens is 180 g/mol. The number of nitrogens with zero attached hydrogens (tertiary/aromatic N) is 3. The van der Waals surface area contributed by atoms with Gasteiger partial charge in [-0.1, -0.05) is 5.92 Å². The van der Waals surface area contributed by atoms with Crippen molar-refractivity contribution in [3.05, 3.63) is 6.33 Å². The van der Waals surface area contributed by atoms with Gasteiger partial charge in [0.25, 0.3) is 0 Å². The van der Waals surface area contributed by atoms with Gasteiger partial charge in [0, 0.05) is 0 Å². The number of rotatable bonds is 2. The van der Waals surface area contributed by atoms with Crippen molar-refractivity contribution >= 4 is 22.9 Å². The van der Waals surface area contributed by atoms with Gasteiger partial charge < -0.3 is 16.0 Å². The van der Waals surface area contributed by atoms with Crippen LogP contribution in [0.3, 0.4) is 0 Å². The van der Waals surface area contributed by atoms with Crippen LogP contribution in [0.15, 0.2) is 6.33 Å². The zero-order chi connectivity index (χ0) is 9.97. The number of nitrogens with two attached hydrogens (primary N) is 1. The van der Waals surface area contributed by atoms with Crippen LogP contribution in [0.5, 0.6) is 0 Å². The summed E-state index contributed by atoms with van der Waals surface area (Å²) >= 11 is 0. The molecule has 0 unspecified atom stereocenters. The van der Waals surface area contributed by atoms with Crippen molar-refractivity contribution in [1.82, 2.24) is 19.9 Å². The maximum absolute atomic E-state index is 5.66. The summed E-state index contributed by atoms with van der Waals surface area (Å²) in [5.41, 5.74) is 6.82. The lowest BCUT2D eigenvalue weighted by Gasteiger charge is -2.01. The van der Waals surface area contributed by atoms with E-state index >= 15 is 0 Å². The second-order valence-electron chi connectivity index (χ2n) is 2.59. The summed E-state index contributed by atoms with van der Waals surface area (Å²) in [6.07, 6.45) is 6.60. The molecule has 2 aromatic rings. The normalized spacial score (nSPS) is 9.93. The SMILES string of the molecule is C#CCNc1nc(N)c2[nH]cnc2n1. The third-order valence-electron chi connectivity index (χ3n) is 1.66. The second-order valence-corrected chi connectivity index (χ2v) is 2.59. The van der Waals surface area contributed by atoms with E-state index in [1.165, 1.54) is 6.33 Å². The van der Waals surface area contributed by atoms with Gasteiger partial charge in [-0.2, -0.15) is 9.97 Å². The van der Waals surface area contributed by atoms with Crippen LogP contribution in [0.2, 0.25) is 0 Å². The highest BCUT2D eigenvalue weighted by atomic mass is 15.1. The Morgan fingerprint density at radius 1 is 1.57 bits per heavy atom. The van der Waals surface area contributed by atoms with Crippen molar-refractivity contribution in [1.29, 1.82) is 0 Å². The zero-order valence-electron chi connectivity index (χ0n) is 7.28. The lowest BCUT2D eigenvalue weighted by atomic mass is 10.5. The molecule has 0 amide bonds. The molecule has 0 aliphatic rings. The van der Waals surface area contributed by atoms with Crippen LogP contribution in [-0.4, -0.2) is 26.5 Å². The highest BCUT2D eigenvalue weighted by molar-refractivity contribution is 5.82. The number of hydrogen-bond acceptors (Lipinski definition) is 5. The predicted molar refractivity (Wildman–Crippen MR) is 53.4 cm³/mol. The molecule has 0 saturated carbocycles. The van der Waals surface area contributed by atoms with Crippen molar-refractivity contribution in [2.75, 3.05) is 17.6 Å². The fourth-order valence-electron chi connectivity index (χ4n) is 1.06. The van der Waals surface area contributed by atoms with Gasteiger partial charge in [0.2, 0.25) is 5.95 Å². The fraction of sp³-hybridized carbons (Fsp3) is 0.125. The smallest absolute Gasteiger partial charge is 0.227 e. The van der Waals surface area contributed by atoms with Crippen LogP contribution in [0.25, 0.3) is 11.2 Å². The molecule has 6 heteroatoms. The Morgan fingerprint density at radius 3 is 3.21 bits per heavy atom. The average Bonchev–Trinajstić information content (AvgIpc) is 2.63. The first-order chi connectivity index (χ1) is 6.81. The highest BCUT2D eigenvalue weighted by Crippen LogP contribution is 2.14. The molecule has 4 N–H and O–H groups in total. The van der Waals surface area contributed by atoms with Crippen molar-refractivity contribution in [2.45, 2.75) is 0 Å². The summed E-state index contributed by atoms with van der Waals surface area (Å²) < 4.78 is 0. The summed E-state index contributed by atoms with van der Waals surface area (Å²) in [6.45, 7) is 0.357. The van der Waals surface area contributed by atoms with E-state index in [-0.39, 0.29) is 0 Å². The summed E-state index contributed by atoms with van der Waals surface area (Å²) in [4.78, 5) is 14.9. The van der Waals surface area contributed by atoms with Crippen molar-refractivity contribution in [3.8, 4) is 12.3 Å². The van der Waals surface area contributed by atoms with Crippen LogP contribution in [0, 0.1) is 12.3 Å². The van der Waals surface area contributed by atoms with E-state index in [1.54, 1.807) is 0 Å². The van der Waals surface area contributed by atoms with E-state index in [1.807, 2.05) is 0 Å². The molecule has 0 aliphatic heterocycles. The van der Waals surface area contributed by atoms with Crippen LogP contribution in [0.4, 0.5) is 11.8 Å². The lowest BCUT2D eigenvalue weighted by Crippen LogP contribution is -2.05. The number of aromatic nitrogens is 4. The predicted octanol–water partition coefficient (Wildman–Crippen LogP) is -0.0198. The third kappa shape index (κ3) is 1.31. The van der Waals surface area contributed by atoms with Crippen LogP contribution < -0.4 is 11.1 Å². The molecule has 6 nitrogen and oxygen atoms in total. The minimum Gasteiger partial charge on any atom is -0.382 e. The molecular formula is C8H8N6. The Bertz CT molecular complexity index is 494. The number of nitrogens with one attached hydrogen (secondary N) is 2. The standard InChI is InChI=1S/C8H8N6/c1-2-3-10-8-13-6(9)5-7(14-8)12-4-11-5/h1,4H,3H2,(H4,9,10,11,12,13,14). The fourth-order valence-corrected chi connectivity index (χ4v) is 1.06. The minimum atomic E-state index is 0.354. The van der Waals surface area contributed by atoms with Gasteiger partial charge in [0.15, 0.2) is 11.5 Å². The molecule has 0 radical (unpaired) electrons. The number of anilines is 2. The van der Waals surface area contributed by atoms with Gasteiger partial charge >= 0.3 is 0 Å². The van der Waals surface area contributed by atoms with E-state index in [4.69, 9.17) is 12.2 Å². The number of imidazole rings is 1. The average molecular weight is 188 g/mol. The monoisotopic (exact) mass is 188 g/mol. The van der Waals surface area contributed by atoms with Crippen molar-refractivity contribution in [3.63, 3.8) is 0 Å². The molecule has 0 saturated heterocycles. The van der Waals surface area contributed by atoms with Gasteiger partial charge in [-0.15, -0.1) is 6.42 Å². The largest absolute Gasteiger partial charge is 0.382 e. The van der Waals surface area contributed by atoms with Crippen LogP contribution in [-0.2, 0) is 0 Å². The zero-order valence-corrected chi connectivity index (χ0v) is 7.28. The topological polar surface area (TPSA) is 92.5 Å². The number of H-pyrrole nitrogens is 1. The Balaban J connectivity index is 2.44. The molecule has 14 heavy (non-hydrogen) atoms. The highest BCUT2D eigenvalue weighted by Gasteiger charge is 2.05. The van der Waals surface area contributed by atoms with Gasteiger partial charge in [0.05, 0.1) is 12.9 Å². The molecule has 0 aliphatic carbocycles. The quantitative estimate of drug-likeness (QED) is 0.576. The number of hydrogen-bond donors (Lipinski definition) is 3. The number of fused-ring (bicyclic) bond motifs is 1. The van der Waals surface area contributed by atoms with Crippen molar-refractivity contribution < 1.29 is 0 Å². The third-order valence-corrected chi connectivity index (χ3v) is 1.66. The van der Waals surface area contributed by atoms with Crippen molar-refractivity contribution in [2.24, 2.45) is 0 Å². The van der Waals surface area contributed by atoms with Crippen LogP contribution >= 0.6 is 0 Å². The van der Waals surface area contributed by atoms with E-state index in [9.17, 15) is 0 Å². The molecule has 2 heterocycles. The summed E-state index contributed by atoms with van der Waals surface area (Å²) in [6, 6.07) is 0. The molecule has 2 aromatic heterocycles. The van der Waals surface area contributed by atoms with E-state index in [0.717, 1.165) is 0 Å². The Kier molecular flexibility index (Phi) is 1.91. The van der Waals surface area contributed by atoms with E-state index < -0.39 is 0 Å². The summed E-state index contributed by atoms with van der Waals surface area (Å²) in [7, 11) is 0. The van der Waals surface area contributed by atoms with Crippen LogP contribution in [0.1, 0.15) is 0 Å². The molecule has 0 spiro atoms. The first kappa shape index (κ1) is 8.31. The Morgan fingerprint density at radius 2 is 2.43 bits per heavy atom. The second kappa shape index (κ2) is 3.22. The maximum Gasteiger partial charge on any atom is 0.227 e. The minimum absolute atomic E-state index is 0.354. The lowest BCUT2D eigenvalue weighted by molar-refractivity contribution is 1.16. The Labute approximate surface area is 80.0 Å². The van der Waals surface area contributed by atoms with Gasteiger partial charge in [-0.3, -0.25) is 0 Å². The molecule has 0 atom stereocenters. The molecule has 0 aromatic carbocycles. The Hall–Kier alpha value is -2.29. The first-order valence-electron chi connectivity index (χ1n) is 3.95. The number of nitrogen functional groups attached to an aromatic ring is 1. The van der Waals surface area contributed by atoms with E-state index in [2.05, 4.69) is 31.2 Å². The van der Waals surface area contributed by atoms with Gasteiger partial charge in [-0.05, 0) is 0 Å². The number of terminal acetylenes is 1. The summed E-state index contributed by atoms with van der Waals surface area (Å²) in [5.74, 6) is 3.16. The van der Waals surface area contributed by atoms with Gasteiger partial charge in [0.1, 0.15) is 5.52 Å². The molecule has 70 valence electrons.